The zero-order valence-corrected chi connectivity index (χ0v) is 15.5. The van der Waals surface area contributed by atoms with Gasteiger partial charge < -0.3 is 10.6 Å². The van der Waals surface area contributed by atoms with Crippen molar-refractivity contribution in [2.45, 2.75) is 58.0 Å². The van der Waals surface area contributed by atoms with Gasteiger partial charge in [-0.1, -0.05) is 38.8 Å². The van der Waals surface area contributed by atoms with E-state index in [2.05, 4.69) is 10.6 Å². The Morgan fingerprint density at radius 3 is 2.50 bits per heavy atom. The largest absolute Gasteiger partial charge is 0.352 e. The van der Waals surface area contributed by atoms with Crippen molar-refractivity contribution in [1.82, 2.24) is 15.5 Å². The van der Waals surface area contributed by atoms with Crippen LogP contribution >= 0.6 is 0 Å². The Bertz CT molecular complexity index is 677. The molecule has 1 aliphatic rings. The van der Waals surface area contributed by atoms with Gasteiger partial charge in [0.05, 0.1) is 0 Å². The summed E-state index contributed by atoms with van der Waals surface area (Å²) in [6, 6.07) is 4.90. The lowest BCUT2D eigenvalue weighted by Crippen LogP contribution is -2.46. The summed E-state index contributed by atoms with van der Waals surface area (Å²) >= 11 is 0. The lowest BCUT2D eigenvalue weighted by Gasteiger charge is -2.27. The molecule has 142 valence electrons. The predicted octanol–water partition coefficient (Wildman–Crippen LogP) is 2.68. The first kappa shape index (κ1) is 19.9. The summed E-state index contributed by atoms with van der Waals surface area (Å²) in [6.45, 7) is 5.44. The third-order valence-electron chi connectivity index (χ3n) is 4.74. The van der Waals surface area contributed by atoms with Gasteiger partial charge in [0.1, 0.15) is 17.9 Å². The maximum atomic E-state index is 13.3. The van der Waals surface area contributed by atoms with Crippen molar-refractivity contribution in [3.8, 4) is 0 Å². The number of rotatable bonds is 8. The molecule has 2 atom stereocenters. The highest BCUT2D eigenvalue weighted by atomic mass is 19.1. The molecule has 0 aromatic heterocycles. The van der Waals surface area contributed by atoms with E-state index < -0.39 is 23.3 Å². The summed E-state index contributed by atoms with van der Waals surface area (Å²) in [6.07, 6.45) is 2.68. The van der Waals surface area contributed by atoms with E-state index in [-0.39, 0.29) is 18.5 Å². The molecule has 7 heteroatoms. The molecule has 26 heavy (non-hydrogen) atoms. The third kappa shape index (κ3) is 4.03. The van der Waals surface area contributed by atoms with Gasteiger partial charge in [0.15, 0.2) is 0 Å². The number of carbonyl (C=O) groups excluding carboxylic acids is 3. The molecule has 0 saturated carbocycles. The number of unbranched alkanes of at least 4 members (excludes halogenated alkanes) is 1. The molecule has 0 unspecified atom stereocenters. The molecule has 2 rings (SSSR count). The number of nitrogens with one attached hydrogen (secondary N) is 2. The van der Waals surface area contributed by atoms with Crippen molar-refractivity contribution in [2.75, 3.05) is 6.54 Å². The molecule has 1 fully saturated rings. The molecule has 6 nitrogen and oxygen atoms in total. The number of urea groups is 1. The van der Waals surface area contributed by atoms with Crippen LogP contribution in [0.3, 0.4) is 0 Å². The van der Waals surface area contributed by atoms with E-state index in [4.69, 9.17) is 0 Å². The fourth-order valence-electron chi connectivity index (χ4n) is 3.02. The Morgan fingerprint density at radius 2 is 1.92 bits per heavy atom. The van der Waals surface area contributed by atoms with Crippen molar-refractivity contribution >= 4 is 17.8 Å². The van der Waals surface area contributed by atoms with Crippen LogP contribution in [-0.4, -0.2) is 35.3 Å². The molecular weight excluding hydrogens is 337 g/mol. The van der Waals surface area contributed by atoms with Gasteiger partial charge in [0.2, 0.25) is 5.91 Å². The lowest BCUT2D eigenvalue weighted by atomic mass is 9.85. The zero-order chi connectivity index (χ0) is 19.3. The van der Waals surface area contributed by atoms with Gasteiger partial charge in [-0.15, -0.1) is 0 Å². The van der Waals surface area contributed by atoms with E-state index in [1.165, 1.54) is 24.3 Å². The van der Waals surface area contributed by atoms with Crippen LogP contribution in [0.4, 0.5) is 9.18 Å². The van der Waals surface area contributed by atoms with Crippen LogP contribution < -0.4 is 10.6 Å². The summed E-state index contributed by atoms with van der Waals surface area (Å²) in [7, 11) is 0. The van der Waals surface area contributed by atoms with E-state index >= 15 is 0 Å². The molecule has 1 aliphatic heterocycles. The van der Waals surface area contributed by atoms with Gasteiger partial charge in [-0.3, -0.25) is 14.5 Å². The minimum atomic E-state index is -1.25. The topological polar surface area (TPSA) is 78.5 Å². The number of halogens is 1. The molecule has 1 aromatic carbocycles. The Kier molecular flexibility index (Phi) is 6.34. The second-order valence-corrected chi connectivity index (χ2v) is 6.71. The number of amides is 4. The van der Waals surface area contributed by atoms with Crippen LogP contribution in [0.1, 0.15) is 52.0 Å². The number of hydrogen-bond acceptors (Lipinski definition) is 3. The number of benzene rings is 1. The first-order valence-corrected chi connectivity index (χ1v) is 9.03. The fraction of sp³-hybridized carbons (Fsp3) is 0.526. The Hall–Kier alpha value is -2.44. The second-order valence-electron chi connectivity index (χ2n) is 6.71. The third-order valence-corrected chi connectivity index (χ3v) is 4.74. The smallest absolute Gasteiger partial charge is 0.325 e. The average molecular weight is 363 g/mol. The van der Waals surface area contributed by atoms with Crippen LogP contribution in [0.25, 0.3) is 0 Å². The molecule has 1 heterocycles. The summed E-state index contributed by atoms with van der Waals surface area (Å²) in [5.74, 6) is -1.27. The number of hydrogen-bond donors (Lipinski definition) is 2. The Morgan fingerprint density at radius 1 is 1.27 bits per heavy atom. The van der Waals surface area contributed by atoms with Gasteiger partial charge in [0.25, 0.3) is 5.91 Å². The van der Waals surface area contributed by atoms with Crippen molar-refractivity contribution in [3.63, 3.8) is 0 Å². The highest BCUT2D eigenvalue weighted by Crippen LogP contribution is 2.34. The maximum absolute atomic E-state index is 13.3. The molecule has 2 N–H and O–H groups in total. The van der Waals surface area contributed by atoms with E-state index in [0.717, 1.165) is 17.7 Å². The van der Waals surface area contributed by atoms with E-state index in [9.17, 15) is 18.8 Å². The van der Waals surface area contributed by atoms with Gasteiger partial charge >= 0.3 is 6.03 Å². The molecule has 1 aromatic rings. The SMILES string of the molecule is CCCC[C@@]1(c2ccc(F)cc2)NC(=O)N(CC(=O)N[C@@H](C)CC)C1=O. The Labute approximate surface area is 153 Å². The molecule has 1 saturated heterocycles. The van der Waals surface area contributed by atoms with Crippen LogP contribution in [0, 0.1) is 5.82 Å². The molecule has 0 spiro atoms. The van der Waals surface area contributed by atoms with Crippen LogP contribution in [0.15, 0.2) is 24.3 Å². The summed E-state index contributed by atoms with van der Waals surface area (Å²) in [4.78, 5) is 38.6. The summed E-state index contributed by atoms with van der Waals surface area (Å²) in [5.41, 5.74) is -0.729. The Balaban J connectivity index is 2.27. The van der Waals surface area contributed by atoms with E-state index in [0.29, 0.717) is 18.4 Å². The number of imide groups is 1. The number of nitrogens with zero attached hydrogens (tertiary/aromatic N) is 1. The average Bonchev–Trinajstić information content (AvgIpc) is 2.85. The van der Waals surface area contributed by atoms with Gasteiger partial charge in [0, 0.05) is 6.04 Å². The standard InChI is InChI=1S/C19H26FN3O3/c1-4-6-11-19(14-7-9-15(20)10-8-14)17(25)23(18(26)22-19)12-16(24)21-13(3)5-2/h7-10,13H,4-6,11-12H2,1-3H3,(H,21,24)(H,22,26)/t13-,19-/m0/s1. The normalized spacial score (nSPS) is 20.8. The van der Waals surface area contributed by atoms with Crippen molar-refractivity contribution in [2.24, 2.45) is 0 Å². The zero-order valence-electron chi connectivity index (χ0n) is 15.5. The quantitative estimate of drug-likeness (QED) is 0.697. The van der Waals surface area contributed by atoms with Crippen molar-refractivity contribution in [1.29, 1.82) is 0 Å². The molecule has 0 aliphatic carbocycles. The van der Waals surface area contributed by atoms with Crippen LogP contribution in [-0.2, 0) is 15.1 Å². The maximum Gasteiger partial charge on any atom is 0.325 e. The summed E-state index contributed by atoms with van der Waals surface area (Å²) in [5, 5.41) is 5.50. The highest BCUT2D eigenvalue weighted by molar-refractivity contribution is 6.09. The van der Waals surface area contributed by atoms with Crippen molar-refractivity contribution < 1.29 is 18.8 Å². The fourth-order valence-corrected chi connectivity index (χ4v) is 3.02. The van der Waals surface area contributed by atoms with Crippen LogP contribution in [0.5, 0.6) is 0 Å². The monoisotopic (exact) mass is 363 g/mol. The first-order chi connectivity index (χ1) is 12.3. The molecule has 0 bridgehead atoms. The minimum absolute atomic E-state index is 0.0368. The summed E-state index contributed by atoms with van der Waals surface area (Å²) < 4.78 is 13.3. The van der Waals surface area contributed by atoms with Gasteiger partial charge in [-0.25, -0.2) is 9.18 Å². The molecule has 0 radical (unpaired) electrons. The molecular formula is C19H26FN3O3. The second kappa shape index (κ2) is 8.29. The van der Waals surface area contributed by atoms with E-state index in [1.54, 1.807) is 0 Å². The van der Waals surface area contributed by atoms with Gasteiger partial charge in [-0.2, -0.15) is 0 Å². The highest BCUT2D eigenvalue weighted by Gasteiger charge is 2.52. The predicted molar refractivity (Wildman–Crippen MR) is 95.7 cm³/mol. The van der Waals surface area contributed by atoms with E-state index in [1.807, 2.05) is 20.8 Å². The minimum Gasteiger partial charge on any atom is -0.352 e. The van der Waals surface area contributed by atoms with Crippen molar-refractivity contribution in [3.05, 3.63) is 35.6 Å². The van der Waals surface area contributed by atoms with Gasteiger partial charge in [-0.05, 0) is 37.5 Å². The lowest BCUT2D eigenvalue weighted by molar-refractivity contribution is -0.135. The van der Waals surface area contributed by atoms with Crippen LogP contribution in [0.2, 0.25) is 0 Å². The number of carbonyl (C=O) groups is 3. The molecule has 4 amide bonds. The first-order valence-electron chi connectivity index (χ1n) is 9.03.